The maximum Gasteiger partial charge on any atom is 0.573 e. The lowest BCUT2D eigenvalue weighted by molar-refractivity contribution is -0.274. The summed E-state index contributed by atoms with van der Waals surface area (Å²) in [4.78, 5) is 8.54. The van der Waals surface area contributed by atoms with Gasteiger partial charge < -0.3 is 10.1 Å². The van der Waals surface area contributed by atoms with Crippen LogP contribution < -0.4 is 10.1 Å². The summed E-state index contributed by atoms with van der Waals surface area (Å²) in [5.74, 6) is 0.290. The molecule has 24 heavy (non-hydrogen) atoms. The average Bonchev–Trinajstić information content (AvgIpc) is 2.55. The highest BCUT2D eigenvalue weighted by atomic mass is 19.4. The molecule has 1 heterocycles. The second kappa shape index (κ2) is 7.07. The molecule has 1 fully saturated rings. The molecule has 2 aromatic rings. The lowest BCUT2D eigenvalue weighted by Gasteiger charge is -2.22. The third kappa shape index (κ3) is 4.59. The SMILES string of the molecule is FC(F)(F)Oc1cccc(-c2cnc(NC3CCCCC3)nc2)c1. The van der Waals surface area contributed by atoms with Crippen LogP contribution in [0.1, 0.15) is 32.1 Å². The molecule has 1 aliphatic rings. The van der Waals surface area contributed by atoms with Crippen molar-refractivity contribution < 1.29 is 17.9 Å². The lowest BCUT2D eigenvalue weighted by Crippen LogP contribution is -2.23. The van der Waals surface area contributed by atoms with Crippen molar-refractivity contribution in [2.24, 2.45) is 0 Å². The Morgan fingerprint density at radius 3 is 2.38 bits per heavy atom. The molecular formula is C17H18F3N3O. The van der Waals surface area contributed by atoms with E-state index in [4.69, 9.17) is 0 Å². The third-order valence-corrected chi connectivity index (χ3v) is 3.99. The van der Waals surface area contributed by atoms with Crippen LogP contribution in [0.4, 0.5) is 19.1 Å². The topological polar surface area (TPSA) is 47.0 Å². The number of anilines is 1. The Hall–Kier alpha value is -2.31. The van der Waals surface area contributed by atoms with Gasteiger partial charge in [-0.15, -0.1) is 13.2 Å². The van der Waals surface area contributed by atoms with E-state index in [-0.39, 0.29) is 5.75 Å². The summed E-state index contributed by atoms with van der Waals surface area (Å²) in [6.07, 6.45) is 4.42. The predicted molar refractivity (Wildman–Crippen MR) is 84.6 cm³/mol. The molecule has 0 unspecified atom stereocenters. The standard InChI is InChI=1S/C17H18F3N3O/c18-17(19,20)24-15-8-4-5-12(9-15)13-10-21-16(22-11-13)23-14-6-2-1-3-7-14/h4-5,8-11,14H,1-3,6-7H2,(H,21,22,23). The Morgan fingerprint density at radius 2 is 1.71 bits per heavy atom. The molecule has 1 saturated carbocycles. The summed E-state index contributed by atoms with van der Waals surface area (Å²) in [5.41, 5.74) is 1.21. The third-order valence-electron chi connectivity index (χ3n) is 3.99. The van der Waals surface area contributed by atoms with Crippen LogP contribution in [0.25, 0.3) is 11.1 Å². The van der Waals surface area contributed by atoms with Crippen LogP contribution in [0.5, 0.6) is 5.75 Å². The van der Waals surface area contributed by atoms with E-state index in [1.165, 1.54) is 37.5 Å². The Balaban J connectivity index is 1.70. The van der Waals surface area contributed by atoms with Crippen molar-refractivity contribution in [2.75, 3.05) is 5.32 Å². The van der Waals surface area contributed by atoms with Crippen LogP contribution in [-0.2, 0) is 0 Å². The fourth-order valence-corrected chi connectivity index (χ4v) is 2.85. The Morgan fingerprint density at radius 1 is 1.00 bits per heavy atom. The van der Waals surface area contributed by atoms with Crippen molar-refractivity contribution in [2.45, 2.75) is 44.5 Å². The van der Waals surface area contributed by atoms with Gasteiger partial charge in [-0.2, -0.15) is 0 Å². The van der Waals surface area contributed by atoms with Gasteiger partial charge in [0.1, 0.15) is 5.75 Å². The Bertz CT molecular complexity index is 668. The molecule has 1 N–H and O–H groups in total. The Kier molecular flexibility index (Phi) is 4.87. The number of nitrogens with one attached hydrogen (secondary N) is 1. The molecule has 3 rings (SSSR count). The molecule has 128 valence electrons. The van der Waals surface area contributed by atoms with Gasteiger partial charge in [-0.3, -0.25) is 0 Å². The quantitative estimate of drug-likeness (QED) is 0.871. The van der Waals surface area contributed by atoms with Crippen LogP contribution in [0.3, 0.4) is 0 Å². The van der Waals surface area contributed by atoms with Gasteiger partial charge in [0.15, 0.2) is 0 Å². The highest BCUT2D eigenvalue weighted by molar-refractivity contribution is 5.63. The maximum atomic E-state index is 12.3. The normalized spacial score (nSPS) is 16.0. The minimum absolute atomic E-state index is 0.260. The number of benzene rings is 1. The minimum atomic E-state index is -4.71. The number of hydrogen-bond donors (Lipinski definition) is 1. The van der Waals surface area contributed by atoms with Crippen molar-refractivity contribution >= 4 is 5.95 Å². The average molecular weight is 337 g/mol. The van der Waals surface area contributed by atoms with Crippen molar-refractivity contribution in [1.29, 1.82) is 0 Å². The molecule has 4 nitrogen and oxygen atoms in total. The summed E-state index contributed by atoms with van der Waals surface area (Å²) in [7, 11) is 0. The van der Waals surface area contributed by atoms with Crippen molar-refractivity contribution in [3.8, 4) is 16.9 Å². The summed E-state index contributed by atoms with van der Waals surface area (Å²) >= 11 is 0. The number of alkyl halides is 3. The van der Waals surface area contributed by atoms with E-state index < -0.39 is 6.36 Å². The van der Waals surface area contributed by atoms with E-state index in [9.17, 15) is 13.2 Å². The first-order valence-electron chi connectivity index (χ1n) is 7.94. The van der Waals surface area contributed by atoms with Crippen molar-refractivity contribution in [3.63, 3.8) is 0 Å². The van der Waals surface area contributed by atoms with E-state index in [0.29, 0.717) is 23.1 Å². The first kappa shape index (κ1) is 16.5. The van der Waals surface area contributed by atoms with Gasteiger partial charge in [0, 0.05) is 24.0 Å². The van der Waals surface area contributed by atoms with E-state index >= 15 is 0 Å². The number of halogens is 3. The minimum Gasteiger partial charge on any atom is -0.406 e. The van der Waals surface area contributed by atoms with Gasteiger partial charge in [-0.25, -0.2) is 9.97 Å². The van der Waals surface area contributed by atoms with Crippen LogP contribution in [0.15, 0.2) is 36.7 Å². The highest BCUT2D eigenvalue weighted by Gasteiger charge is 2.31. The van der Waals surface area contributed by atoms with Crippen molar-refractivity contribution in [3.05, 3.63) is 36.7 Å². The second-order valence-corrected chi connectivity index (χ2v) is 5.85. The molecule has 0 bridgehead atoms. The summed E-state index contributed by atoms with van der Waals surface area (Å²) in [5, 5.41) is 3.31. The van der Waals surface area contributed by atoms with Gasteiger partial charge in [0.05, 0.1) is 0 Å². The summed E-state index contributed by atoms with van der Waals surface area (Å²) in [6.45, 7) is 0. The first-order valence-corrected chi connectivity index (χ1v) is 7.94. The van der Waals surface area contributed by atoms with E-state index in [1.54, 1.807) is 18.5 Å². The van der Waals surface area contributed by atoms with E-state index in [1.807, 2.05) is 0 Å². The van der Waals surface area contributed by atoms with Crippen LogP contribution in [0.2, 0.25) is 0 Å². The molecule has 1 aromatic heterocycles. The molecule has 0 aliphatic heterocycles. The molecule has 0 radical (unpaired) electrons. The highest BCUT2D eigenvalue weighted by Crippen LogP contribution is 2.28. The van der Waals surface area contributed by atoms with E-state index in [2.05, 4.69) is 20.0 Å². The molecule has 0 saturated heterocycles. The molecule has 1 aromatic carbocycles. The molecule has 7 heteroatoms. The zero-order valence-electron chi connectivity index (χ0n) is 13.0. The first-order chi connectivity index (χ1) is 11.5. The van der Waals surface area contributed by atoms with Crippen LogP contribution in [0, 0.1) is 0 Å². The predicted octanol–water partition coefficient (Wildman–Crippen LogP) is 4.79. The van der Waals surface area contributed by atoms with Gasteiger partial charge >= 0.3 is 6.36 Å². The lowest BCUT2D eigenvalue weighted by atomic mass is 9.96. The summed E-state index contributed by atoms with van der Waals surface area (Å²) < 4.78 is 40.8. The maximum absolute atomic E-state index is 12.3. The Labute approximate surface area is 138 Å². The zero-order valence-corrected chi connectivity index (χ0v) is 13.0. The van der Waals surface area contributed by atoms with Crippen molar-refractivity contribution in [1.82, 2.24) is 9.97 Å². The van der Waals surface area contributed by atoms with Crippen LogP contribution >= 0.6 is 0 Å². The smallest absolute Gasteiger partial charge is 0.406 e. The summed E-state index contributed by atoms with van der Waals surface area (Å²) in [6, 6.07) is 6.17. The molecular weight excluding hydrogens is 319 g/mol. The molecule has 0 spiro atoms. The molecule has 0 atom stereocenters. The number of rotatable bonds is 4. The zero-order chi connectivity index (χ0) is 17.0. The van der Waals surface area contributed by atoms with Gasteiger partial charge in [0.25, 0.3) is 0 Å². The number of aromatic nitrogens is 2. The molecule has 0 amide bonds. The van der Waals surface area contributed by atoms with Gasteiger partial charge in [0.2, 0.25) is 5.95 Å². The number of nitrogens with zero attached hydrogens (tertiary/aromatic N) is 2. The monoisotopic (exact) mass is 337 g/mol. The fourth-order valence-electron chi connectivity index (χ4n) is 2.85. The van der Waals surface area contributed by atoms with Crippen LogP contribution in [-0.4, -0.2) is 22.4 Å². The number of ether oxygens (including phenoxy) is 1. The number of hydrogen-bond acceptors (Lipinski definition) is 4. The van der Waals surface area contributed by atoms with Gasteiger partial charge in [-0.1, -0.05) is 31.4 Å². The fraction of sp³-hybridized carbons (Fsp3) is 0.412. The van der Waals surface area contributed by atoms with E-state index in [0.717, 1.165) is 12.8 Å². The largest absolute Gasteiger partial charge is 0.573 e. The second-order valence-electron chi connectivity index (χ2n) is 5.85. The van der Waals surface area contributed by atoms with Gasteiger partial charge in [-0.05, 0) is 30.5 Å². The molecule has 1 aliphatic carbocycles.